The van der Waals surface area contributed by atoms with Crippen molar-refractivity contribution in [2.75, 3.05) is 4.72 Å². The van der Waals surface area contributed by atoms with Gasteiger partial charge in [-0.2, -0.15) is 26.3 Å². The number of halogens is 7. The molecule has 0 saturated heterocycles. The molecule has 0 aromatic heterocycles. The van der Waals surface area contributed by atoms with Gasteiger partial charge in [-0.15, -0.1) is 0 Å². The molecule has 204 valence electrons. The van der Waals surface area contributed by atoms with Gasteiger partial charge in [0.15, 0.2) is 0 Å². The topological polar surface area (TPSA) is 104 Å². The van der Waals surface area contributed by atoms with Crippen LogP contribution in [0.2, 0.25) is 0 Å². The molecule has 0 radical (unpaired) electrons. The zero-order valence-corrected chi connectivity index (χ0v) is 20.0. The predicted molar refractivity (Wildman–Crippen MR) is 122 cm³/mol. The molecule has 3 N–H and O–H groups in total. The van der Waals surface area contributed by atoms with E-state index >= 15 is 0 Å². The van der Waals surface area contributed by atoms with Crippen molar-refractivity contribution < 1.29 is 54.2 Å². The van der Waals surface area contributed by atoms with Gasteiger partial charge in [-0.25, -0.2) is 17.6 Å². The van der Waals surface area contributed by atoms with Crippen molar-refractivity contribution in [3.8, 4) is 11.1 Å². The van der Waals surface area contributed by atoms with E-state index in [-0.39, 0.29) is 34.0 Å². The first-order chi connectivity index (χ1) is 17.4. The van der Waals surface area contributed by atoms with Gasteiger partial charge < -0.3 is 10.2 Å². The molecule has 14 heteroatoms. The Morgan fingerprint density at radius 2 is 1.50 bits per heavy atom. The Hall–Kier alpha value is -3.65. The van der Waals surface area contributed by atoms with Gasteiger partial charge in [0, 0.05) is 16.8 Å². The van der Waals surface area contributed by atoms with Gasteiger partial charge in [0.25, 0.3) is 5.60 Å². The van der Waals surface area contributed by atoms with Crippen LogP contribution in [0.25, 0.3) is 11.1 Å². The number of hydrogen-bond donors (Lipinski definition) is 3. The fourth-order valence-corrected chi connectivity index (χ4v) is 4.96. The molecular weight excluding hydrogens is 547 g/mol. The number of carbonyl (C=O) groups is 1. The number of carboxylic acids is 1. The van der Waals surface area contributed by atoms with Crippen molar-refractivity contribution in [2.24, 2.45) is 0 Å². The summed E-state index contributed by atoms with van der Waals surface area (Å²) in [5.41, 5.74) is -7.05. The van der Waals surface area contributed by atoms with Crippen LogP contribution in [0.4, 0.5) is 36.4 Å². The van der Waals surface area contributed by atoms with Gasteiger partial charge in [0.05, 0.1) is 11.3 Å². The lowest BCUT2D eigenvalue weighted by molar-refractivity contribution is -0.376. The molecule has 0 saturated carbocycles. The number of benzene rings is 3. The quantitative estimate of drug-likeness (QED) is 0.317. The molecule has 3 aromatic carbocycles. The monoisotopic (exact) mass is 565 g/mol. The highest BCUT2D eigenvalue weighted by molar-refractivity contribution is 7.91. The molecule has 0 bridgehead atoms. The van der Waals surface area contributed by atoms with E-state index in [9.17, 15) is 54.2 Å². The minimum Gasteiger partial charge on any atom is -0.478 e. The Labute approximate surface area is 211 Å². The van der Waals surface area contributed by atoms with E-state index < -0.39 is 56.6 Å². The molecule has 0 fully saturated rings. The lowest BCUT2D eigenvalue weighted by Gasteiger charge is -2.32. The minimum absolute atomic E-state index is 0.00124. The Morgan fingerprint density at radius 3 is 2.00 bits per heavy atom. The summed E-state index contributed by atoms with van der Waals surface area (Å²) < 4.78 is 120. The Bertz CT molecular complexity index is 1450. The highest BCUT2D eigenvalue weighted by atomic mass is 32.2. The molecule has 0 unspecified atom stereocenters. The summed E-state index contributed by atoms with van der Waals surface area (Å²) in [5.74, 6) is -3.29. The molecule has 3 rings (SSSR count). The van der Waals surface area contributed by atoms with Crippen LogP contribution < -0.4 is 4.72 Å². The molecular formula is C24H18F7NO5S. The molecule has 0 aliphatic heterocycles. The lowest BCUT2D eigenvalue weighted by atomic mass is 9.90. The molecule has 3 aromatic rings. The highest BCUT2D eigenvalue weighted by Gasteiger charge is 2.71. The second kappa shape index (κ2) is 9.91. The van der Waals surface area contributed by atoms with Crippen LogP contribution in [-0.4, -0.2) is 37.0 Å². The summed E-state index contributed by atoms with van der Waals surface area (Å²) in [5, 5.41) is 18.6. The molecule has 0 heterocycles. The van der Waals surface area contributed by atoms with Gasteiger partial charge in [-0.05, 0) is 47.9 Å². The number of sulfonamides is 1. The van der Waals surface area contributed by atoms with Crippen LogP contribution >= 0.6 is 0 Å². The van der Waals surface area contributed by atoms with E-state index in [4.69, 9.17) is 0 Å². The largest absolute Gasteiger partial charge is 0.478 e. The molecule has 0 atom stereocenters. The maximum Gasteiger partial charge on any atom is 0.430 e. The van der Waals surface area contributed by atoms with Crippen molar-refractivity contribution in [1.82, 2.24) is 0 Å². The molecule has 38 heavy (non-hydrogen) atoms. The molecule has 0 spiro atoms. The van der Waals surface area contributed by atoms with Crippen LogP contribution in [0.5, 0.6) is 0 Å². The maximum atomic E-state index is 14.6. The lowest BCUT2D eigenvalue weighted by Crippen LogP contribution is -2.53. The van der Waals surface area contributed by atoms with Crippen LogP contribution in [0.15, 0.2) is 60.7 Å². The van der Waals surface area contributed by atoms with E-state index in [1.54, 1.807) is 0 Å². The van der Waals surface area contributed by atoms with E-state index in [0.29, 0.717) is 12.1 Å². The van der Waals surface area contributed by atoms with Gasteiger partial charge in [0.2, 0.25) is 10.0 Å². The zero-order chi connectivity index (χ0) is 28.7. The smallest absolute Gasteiger partial charge is 0.430 e. The summed E-state index contributed by atoms with van der Waals surface area (Å²) in [7, 11) is -4.05. The van der Waals surface area contributed by atoms with Crippen molar-refractivity contribution in [1.29, 1.82) is 0 Å². The van der Waals surface area contributed by atoms with E-state index in [0.717, 1.165) is 0 Å². The third-order valence-corrected chi connectivity index (χ3v) is 6.94. The number of alkyl halides is 6. The van der Waals surface area contributed by atoms with Crippen LogP contribution in [-0.2, 0) is 21.4 Å². The van der Waals surface area contributed by atoms with Gasteiger partial charge in [0.1, 0.15) is 5.82 Å². The third kappa shape index (κ3) is 5.60. The number of nitrogens with one attached hydrogen (secondary N) is 1. The fourth-order valence-electron chi connectivity index (χ4n) is 3.67. The first-order valence-corrected chi connectivity index (χ1v) is 12.1. The van der Waals surface area contributed by atoms with Crippen molar-refractivity contribution in [2.45, 2.75) is 30.6 Å². The van der Waals surface area contributed by atoms with E-state index in [1.807, 2.05) is 0 Å². The Morgan fingerprint density at radius 1 is 0.921 bits per heavy atom. The molecule has 0 aliphatic carbocycles. The Kier molecular flexibility index (Phi) is 7.54. The van der Waals surface area contributed by atoms with Crippen LogP contribution in [0.1, 0.15) is 27.0 Å². The number of aliphatic hydroxyl groups is 1. The Balaban J connectivity index is 1.85. The van der Waals surface area contributed by atoms with Crippen molar-refractivity contribution in [3.63, 3.8) is 0 Å². The van der Waals surface area contributed by atoms with Gasteiger partial charge in [-0.1, -0.05) is 36.4 Å². The summed E-state index contributed by atoms with van der Waals surface area (Å²) in [6.45, 7) is 1.45. The molecule has 0 amide bonds. The van der Waals surface area contributed by atoms with Crippen LogP contribution in [0.3, 0.4) is 0 Å². The van der Waals surface area contributed by atoms with E-state index in [1.165, 1.54) is 49.4 Å². The van der Waals surface area contributed by atoms with Gasteiger partial charge >= 0.3 is 18.3 Å². The normalized spacial score (nSPS) is 12.9. The van der Waals surface area contributed by atoms with E-state index in [2.05, 4.69) is 4.72 Å². The summed E-state index contributed by atoms with van der Waals surface area (Å²) >= 11 is 0. The standard InChI is InChI=1S/C24H18F7NO5S/c1-13-15(3-2-4-18(13)21(33)34)12-38(36,37)32-17-8-5-14(6-9-17)19-10-7-16(11-20(19)25)22(35,23(26,27)28)24(29,30)31/h2-11,32,35H,12H2,1H3,(H,33,34). The number of rotatable bonds is 7. The average Bonchev–Trinajstić information content (AvgIpc) is 2.78. The first kappa shape index (κ1) is 28.9. The fraction of sp³-hybridized carbons (Fsp3) is 0.208. The number of anilines is 1. The predicted octanol–water partition coefficient (Wildman–Crippen LogP) is 5.75. The summed E-state index contributed by atoms with van der Waals surface area (Å²) in [6.07, 6.45) is -12.4. The van der Waals surface area contributed by atoms with Crippen molar-refractivity contribution >= 4 is 21.7 Å². The number of hydrogen-bond acceptors (Lipinski definition) is 4. The minimum atomic E-state index is -6.18. The second-order valence-corrected chi connectivity index (χ2v) is 9.96. The summed E-state index contributed by atoms with van der Waals surface area (Å²) in [6, 6.07) is 9.71. The molecule has 0 aliphatic rings. The third-order valence-electron chi connectivity index (χ3n) is 5.70. The summed E-state index contributed by atoms with van der Waals surface area (Å²) in [4.78, 5) is 11.3. The number of aromatic carboxylic acids is 1. The van der Waals surface area contributed by atoms with Crippen LogP contribution in [0, 0.1) is 12.7 Å². The molecule has 6 nitrogen and oxygen atoms in total. The average molecular weight is 565 g/mol. The van der Waals surface area contributed by atoms with Gasteiger partial charge in [-0.3, -0.25) is 4.72 Å². The maximum absolute atomic E-state index is 14.6. The SMILES string of the molecule is Cc1c(CS(=O)(=O)Nc2ccc(-c3ccc(C(O)(C(F)(F)F)C(F)(F)F)cc3F)cc2)cccc1C(=O)O. The number of carboxylic acid groups (broad SMARTS) is 1. The highest BCUT2D eigenvalue weighted by Crippen LogP contribution is 2.50. The second-order valence-electron chi connectivity index (χ2n) is 8.23. The first-order valence-electron chi connectivity index (χ1n) is 10.5. The van der Waals surface area contributed by atoms with Crippen molar-refractivity contribution in [3.05, 3.63) is 88.7 Å². The zero-order valence-electron chi connectivity index (χ0n) is 19.2.